The first-order valence-electron chi connectivity index (χ1n) is 11.5. The van der Waals surface area contributed by atoms with Crippen LogP contribution in [-0.4, -0.2) is 62.9 Å². The van der Waals surface area contributed by atoms with Crippen molar-refractivity contribution in [2.24, 2.45) is 5.73 Å². The molecule has 2 aromatic rings. The van der Waals surface area contributed by atoms with E-state index in [4.69, 9.17) is 18.0 Å². The van der Waals surface area contributed by atoms with Gasteiger partial charge in [-0.15, -0.1) is 0 Å². The number of nitrogens with one attached hydrogen (secondary N) is 1. The van der Waals surface area contributed by atoms with Gasteiger partial charge in [0.2, 0.25) is 5.91 Å². The van der Waals surface area contributed by atoms with Gasteiger partial charge in [-0.3, -0.25) is 23.9 Å². The summed E-state index contributed by atoms with van der Waals surface area (Å²) in [5, 5.41) is 0.514. The van der Waals surface area contributed by atoms with Crippen molar-refractivity contribution in [1.82, 2.24) is 19.4 Å². The molecule has 1 aromatic carbocycles. The van der Waals surface area contributed by atoms with Gasteiger partial charge in [-0.1, -0.05) is 13.3 Å². The zero-order valence-corrected chi connectivity index (χ0v) is 19.4. The number of fused-ring (bicyclic) bond motifs is 1. The zero-order chi connectivity index (χ0) is 22.9. The number of piperidine rings is 2. The van der Waals surface area contributed by atoms with Crippen molar-refractivity contribution in [3.8, 4) is 0 Å². The van der Waals surface area contributed by atoms with E-state index < -0.39 is 5.54 Å². The maximum atomic E-state index is 13.2. The molecular weight excluding hydrogens is 426 g/mol. The summed E-state index contributed by atoms with van der Waals surface area (Å²) < 4.78 is 1.91. The molecule has 2 amide bonds. The molecule has 2 saturated heterocycles. The molecule has 0 saturated carbocycles. The zero-order valence-electron chi connectivity index (χ0n) is 18.6. The average Bonchev–Trinajstić information content (AvgIpc) is 2.81. The van der Waals surface area contributed by atoms with Crippen LogP contribution in [0.1, 0.15) is 55.8 Å². The minimum absolute atomic E-state index is 0.110. The number of primary amides is 1. The molecule has 2 fully saturated rings. The molecule has 4 rings (SSSR count). The van der Waals surface area contributed by atoms with Gasteiger partial charge in [0.1, 0.15) is 5.54 Å². The highest BCUT2D eigenvalue weighted by atomic mass is 32.1. The summed E-state index contributed by atoms with van der Waals surface area (Å²) in [6.07, 6.45) is 5.24. The number of benzene rings is 1. The quantitative estimate of drug-likeness (QED) is 0.671. The van der Waals surface area contributed by atoms with E-state index in [9.17, 15) is 14.4 Å². The topological polar surface area (TPSA) is 104 Å². The molecule has 0 bridgehead atoms. The van der Waals surface area contributed by atoms with Crippen molar-refractivity contribution in [3.05, 3.63) is 38.9 Å². The largest absolute Gasteiger partial charge is 0.368 e. The first-order valence-corrected chi connectivity index (χ1v) is 11.9. The van der Waals surface area contributed by atoms with Gasteiger partial charge < -0.3 is 15.6 Å². The lowest BCUT2D eigenvalue weighted by Crippen LogP contribution is -2.63. The Labute approximate surface area is 192 Å². The Hall–Kier alpha value is -2.52. The standard InChI is InChI=1S/C23H31N5O3S/c1-2-10-28-20(30)17-7-6-16(15-18(17)25-22(28)32)19(29)26-13-8-23(9-14-26,21(24)31)27-11-4-3-5-12-27/h6-7,15H,2-5,8-14H2,1H3,(H2,24,31)(H,25,32). The van der Waals surface area contributed by atoms with Crippen LogP contribution in [0.4, 0.5) is 0 Å². The van der Waals surface area contributed by atoms with Gasteiger partial charge in [0.05, 0.1) is 10.9 Å². The van der Waals surface area contributed by atoms with E-state index >= 15 is 0 Å². The van der Waals surface area contributed by atoms with Crippen LogP contribution in [0.15, 0.2) is 23.0 Å². The fourth-order valence-corrected chi connectivity index (χ4v) is 5.40. The summed E-state index contributed by atoms with van der Waals surface area (Å²) >= 11 is 5.34. The highest BCUT2D eigenvalue weighted by Crippen LogP contribution is 2.32. The van der Waals surface area contributed by atoms with Gasteiger partial charge in [0.25, 0.3) is 11.5 Å². The molecule has 0 radical (unpaired) electrons. The second-order valence-corrected chi connectivity index (χ2v) is 9.27. The molecular formula is C23H31N5O3S. The monoisotopic (exact) mass is 457 g/mol. The van der Waals surface area contributed by atoms with E-state index in [0.29, 0.717) is 53.7 Å². The van der Waals surface area contributed by atoms with Crippen molar-refractivity contribution in [2.45, 2.75) is 57.5 Å². The van der Waals surface area contributed by atoms with E-state index in [-0.39, 0.29) is 17.4 Å². The highest BCUT2D eigenvalue weighted by Gasteiger charge is 2.45. The van der Waals surface area contributed by atoms with Crippen molar-refractivity contribution < 1.29 is 9.59 Å². The summed E-state index contributed by atoms with van der Waals surface area (Å²) in [6, 6.07) is 5.08. The van der Waals surface area contributed by atoms with Gasteiger partial charge in [-0.05, 0) is 75.6 Å². The number of likely N-dealkylation sites (tertiary alicyclic amines) is 2. The maximum Gasteiger partial charge on any atom is 0.262 e. The molecule has 3 N–H and O–H groups in total. The maximum absolute atomic E-state index is 13.2. The van der Waals surface area contributed by atoms with E-state index in [2.05, 4.69) is 9.88 Å². The second kappa shape index (κ2) is 9.15. The minimum atomic E-state index is -0.657. The van der Waals surface area contributed by atoms with Gasteiger partial charge >= 0.3 is 0 Å². The molecule has 172 valence electrons. The van der Waals surface area contributed by atoms with Crippen LogP contribution >= 0.6 is 12.2 Å². The molecule has 1 aromatic heterocycles. The van der Waals surface area contributed by atoms with Crippen LogP contribution in [0.5, 0.6) is 0 Å². The Morgan fingerprint density at radius 3 is 2.44 bits per heavy atom. The van der Waals surface area contributed by atoms with Crippen LogP contribution < -0.4 is 11.3 Å². The Morgan fingerprint density at radius 2 is 1.81 bits per heavy atom. The summed E-state index contributed by atoms with van der Waals surface area (Å²) in [4.78, 5) is 45.5. The van der Waals surface area contributed by atoms with Crippen LogP contribution in [0.2, 0.25) is 0 Å². The number of nitrogens with zero attached hydrogens (tertiary/aromatic N) is 3. The number of carbonyl (C=O) groups excluding carboxylic acids is 2. The fraction of sp³-hybridized carbons (Fsp3) is 0.565. The average molecular weight is 458 g/mol. The molecule has 32 heavy (non-hydrogen) atoms. The third-order valence-electron chi connectivity index (χ3n) is 6.97. The van der Waals surface area contributed by atoms with Crippen molar-refractivity contribution in [2.75, 3.05) is 26.2 Å². The number of amides is 2. The van der Waals surface area contributed by atoms with E-state index in [1.54, 1.807) is 27.7 Å². The Kier molecular flexibility index (Phi) is 6.48. The van der Waals surface area contributed by atoms with E-state index in [1.165, 1.54) is 6.42 Å². The lowest BCUT2D eigenvalue weighted by Gasteiger charge is -2.48. The third kappa shape index (κ3) is 3.99. The first-order chi connectivity index (χ1) is 15.4. The summed E-state index contributed by atoms with van der Waals surface area (Å²) in [5.74, 6) is -0.395. The summed E-state index contributed by atoms with van der Waals surface area (Å²) in [6.45, 7) is 5.27. The molecule has 0 unspecified atom stereocenters. The van der Waals surface area contributed by atoms with E-state index in [0.717, 1.165) is 32.4 Å². The molecule has 3 heterocycles. The SMILES string of the molecule is CCCn1c(=S)[nH]c2cc(C(=O)N3CCC(C(N)=O)(N4CCCCC4)CC3)ccc2c1=O. The second-order valence-electron chi connectivity index (χ2n) is 8.88. The molecule has 2 aliphatic rings. The number of aromatic nitrogens is 2. The number of aromatic amines is 1. The van der Waals surface area contributed by atoms with Crippen LogP contribution in [0.3, 0.4) is 0 Å². The Bertz CT molecular complexity index is 1140. The summed E-state index contributed by atoms with van der Waals surface area (Å²) in [5.41, 5.74) is 6.13. The summed E-state index contributed by atoms with van der Waals surface area (Å²) in [7, 11) is 0. The predicted molar refractivity (Wildman–Crippen MR) is 126 cm³/mol. The number of H-pyrrole nitrogens is 1. The van der Waals surface area contributed by atoms with Gasteiger partial charge in [-0.2, -0.15) is 0 Å². The van der Waals surface area contributed by atoms with Gasteiger partial charge in [0.15, 0.2) is 4.77 Å². The van der Waals surface area contributed by atoms with Crippen LogP contribution in [-0.2, 0) is 11.3 Å². The number of rotatable bonds is 5. The smallest absolute Gasteiger partial charge is 0.262 e. The molecule has 9 heteroatoms. The van der Waals surface area contributed by atoms with E-state index in [1.807, 2.05) is 6.92 Å². The highest BCUT2D eigenvalue weighted by molar-refractivity contribution is 7.71. The predicted octanol–water partition coefficient (Wildman–Crippen LogP) is 2.42. The Morgan fingerprint density at radius 1 is 1.12 bits per heavy atom. The number of nitrogens with two attached hydrogens (primary N) is 1. The minimum Gasteiger partial charge on any atom is -0.368 e. The van der Waals surface area contributed by atoms with Gasteiger partial charge in [0, 0.05) is 25.2 Å². The van der Waals surface area contributed by atoms with Crippen molar-refractivity contribution in [3.63, 3.8) is 0 Å². The molecule has 0 atom stereocenters. The molecule has 0 aliphatic carbocycles. The van der Waals surface area contributed by atoms with Crippen molar-refractivity contribution in [1.29, 1.82) is 0 Å². The van der Waals surface area contributed by atoms with Crippen molar-refractivity contribution >= 4 is 34.9 Å². The van der Waals surface area contributed by atoms with Crippen LogP contribution in [0.25, 0.3) is 10.9 Å². The lowest BCUT2D eigenvalue weighted by atomic mass is 9.83. The fourth-order valence-electron chi connectivity index (χ4n) is 5.12. The lowest BCUT2D eigenvalue weighted by molar-refractivity contribution is -0.134. The number of carbonyl (C=O) groups is 2. The molecule has 8 nitrogen and oxygen atoms in total. The third-order valence-corrected chi connectivity index (χ3v) is 7.30. The molecule has 2 aliphatic heterocycles. The number of hydrogen-bond acceptors (Lipinski definition) is 5. The van der Waals surface area contributed by atoms with Gasteiger partial charge in [-0.25, -0.2) is 0 Å². The van der Waals surface area contributed by atoms with Crippen LogP contribution in [0, 0.1) is 4.77 Å². The molecule has 0 spiro atoms. The number of hydrogen-bond donors (Lipinski definition) is 2. The Balaban J connectivity index is 1.55. The normalized spacial score (nSPS) is 19.2. The first kappa shape index (κ1) is 22.7.